The molecule has 10 valence electrons. The van der Waals surface area contributed by atoms with E-state index in [1.54, 1.807) is 0 Å². The van der Waals surface area contributed by atoms with Crippen LogP contribution in [0.1, 0.15) is 0 Å². The van der Waals surface area contributed by atoms with E-state index in [4.69, 9.17) is 0 Å². The van der Waals surface area contributed by atoms with Crippen LogP contribution in [0.2, 0.25) is 0 Å². The quantitative estimate of drug-likeness (QED) is 0.449. The van der Waals surface area contributed by atoms with Crippen molar-refractivity contribution in [1.29, 1.82) is 0 Å². The maximum atomic E-state index is 0. The molecule has 5 heteroatoms. The molecule has 0 saturated carbocycles. The summed E-state index contributed by atoms with van der Waals surface area (Å²) in [5.74, 6) is 0. The first kappa shape index (κ1) is 37.2. The molecule has 0 heterocycles. The summed E-state index contributed by atoms with van der Waals surface area (Å²) in [7, 11) is 0. The second-order valence-electron chi connectivity index (χ2n) is 0. The molecule has 0 aliphatic rings. The van der Waals surface area contributed by atoms with Gasteiger partial charge in [-0.2, -0.15) is 0 Å². The Balaban J connectivity index is 0. The van der Waals surface area contributed by atoms with E-state index >= 15 is 0 Å². The molecule has 0 aromatic carbocycles. The average molecular weight is 238 g/mol. The first-order chi connectivity index (χ1) is 0. The zero-order valence-corrected chi connectivity index (χ0v) is 13.1. The summed E-state index contributed by atoms with van der Waals surface area (Å²) in [6.07, 6.45) is 0. The van der Waals surface area contributed by atoms with E-state index in [1.807, 2.05) is 0 Å². The molecule has 8 radical (unpaired) electrons. The second kappa shape index (κ2) is 25.0. The molecule has 0 rings (SSSR count). The monoisotopic (exact) mass is 238 g/mol. The zero-order valence-electron chi connectivity index (χ0n) is 3.91. The minimum absolute atomic E-state index is 0. The smallest absolute Gasteiger partial charge is 0 e. The number of hydrogen-bond donors (Lipinski definition) is 0. The summed E-state index contributed by atoms with van der Waals surface area (Å²) >= 11 is 0. The van der Waals surface area contributed by atoms with Crippen LogP contribution in [0.15, 0.2) is 0 Å². The predicted octanol–water partition coefficient (Wildman–Crippen LogP) is -1.53. The predicted molar refractivity (Wildman–Crippen MR) is 23.0 cm³/mol. The number of rotatable bonds is 0. The summed E-state index contributed by atoms with van der Waals surface area (Å²) in [6, 6.07) is 0. The van der Waals surface area contributed by atoms with Gasteiger partial charge in [0.25, 0.3) is 0 Å². The summed E-state index contributed by atoms with van der Waals surface area (Å²) < 4.78 is 0. The van der Waals surface area contributed by atoms with Gasteiger partial charge in [0.2, 0.25) is 0 Å². The Bertz CT molecular complexity index is 11.6. The maximum Gasteiger partial charge on any atom is 0 e. The Morgan fingerprint density at radius 3 is 1.00 bits per heavy atom. The van der Waals surface area contributed by atoms with Gasteiger partial charge in [-0.3, -0.25) is 0 Å². The van der Waals surface area contributed by atoms with Crippen molar-refractivity contribution in [2.75, 3.05) is 0 Å². The third-order valence-corrected chi connectivity index (χ3v) is 0. The van der Waals surface area contributed by atoms with Gasteiger partial charge >= 0.3 is 0 Å². The first-order valence-corrected chi connectivity index (χ1v) is 0. The summed E-state index contributed by atoms with van der Waals surface area (Å²) in [4.78, 5) is 0. The molecule has 0 nitrogen and oxygen atoms in total. The van der Waals surface area contributed by atoms with Gasteiger partial charge in [-0.25, -0.2) is 0 Å². The zero-order chi connectivity index (χ0) is 0. The second-order valence-corrected chi connectivity index (χ2v) is 0. The fourth-order valence-electron chi connectivity index (χ4n) is 0. The van der Waals surface area contributed by atoms with Crippen molar-refractivity contribution < 1.29 is 19.5 Å². The molecule has 0 saturated heterocycles. The van der Waals surface area contributed by atoms with Crippen molar-refractivity contribution in [3.63, 3.8) is 0 Å². The molecule has 0 amide bonds. The third-order valence-electron chi connectivity index (χ3n) is 0. The van der Waals surface area contributed by atoms with E-state index in [1.165, 1.54) is 0 Å². The molecule has 0 aromatic rings. The minimum Gasteiger partial charge on any atom is 0 e. The molecule has 0 bridgehead atoms. The molecular weight excluding hydrogens is 238 g/mol. The van der Waals surface area contributed by atoms with Crippen LogP contribution in [0.4, 0.5) is 0 Å². The van der Waals surface area contributed by atoms with E-state index in [2.05, 4.69) is 0 Å². The molecule has 0 aliphatic heterocycles. The van der Waals surface area contributed by atoms with Gasteiger partial charge in [-0.05, 0) is 0 Å². The van der Waals surface area contributed by atoms with Crippen LogP contribution in [0.3, 0.4) is 0 Å². The largest absolute Gasteiger partial charge is 0 e. The van der Waals surface area contributed by atoms with E-state index in [9.17, 15) is 0 Å². The molecule has 0 spiro atoms. The SMILES string of the molecule is [Li].[Mg].[Na].[Sn].[Zn]. The van der Waals surface area contributed by atoms with E-state index in [0.717, 1.165) is 0 Å². The van der Waals surface area contributed by atoms with Crippen molar-refractivity contribution in [2.24, 2.45) is 0 Å². The van der Waals surface area contributed by atoms with Crippen LogP contribution in [-0.2, 0) is 19.5 Å². The Morgan fingerprint density at radius 2 is 1.00 bits per heavy atom. The van der Waals surface area contributed by atoms with Gasteiger partial charge in [-0.1, -0.05) is 0 Å². The fourth-order valence-corrected chi connectivity index (χ4v) is 0. The Hall–Kier alpha value is 3.79. The van der Waals surface area contributed by atoms with Crippen molar-refractivity contribution >= 4 is 95.4 Å². The van der Waals surface area contributed by atoms with Gasteiger partial charge in [0, 0.05) is 115 Å². The molecule has 0 aromatic heterocycles. The van der Waals surface area contributed by atoms with E-state index in [0.29, 0.717) is 0 Å². The number of hydrogen-bond acceptors (Lipinski definition) is 0. The Morgan fingerprint density at radius 1 is 1.00 bits per heavy atom. The van der Waals surface area contributed by atoms with Gasteiger partial charge in [0.15, 0.2) is 0 Å². The normalized spacial score (nSPS) is 0. The summed E-state index contributed by atoms with van der Waals surface area (Å²) in [5.41, 5.74) is 0. The molecule has 0 aliphatic carbocycles. The third kappa shape index (κ3) is 18.2. The molecule has 0 N–H and O–H groups in total. The Labute approximate surface area is 112 Å². The van der Waals surface area contributed by atoms with Crippen LogP contribution in [0.25, 0.3) is 0 Å². The molecular formula is LiMgNaSnZn. The minimum atomic E-state index is 0. The molecule has 0 fully saturated rings. The van der Waals surface area contributed by atoms with Gasteiger partial charge in [0.05, 0.1) is 0 Å². The van der Waals surface area contributed by atoms with Gasteiger partial charge < -0.3 is 0 Å². The van der Waals surface area contributed by atoms with Crippen molar-refractivity contribution in [1.82, 2.24) is 0 Å². The van der Waals surface area contributed by atoms with Crippen LogP contribution in [0, 0.1) is 0 Å². The van der Waals surface area contributed by atoms with Gasteiger partial charge in [-0.15, -0.1) is 0 Å². The topological polar surface area (TPSA) is 0 Å². The van der Waals surface area contributed by atoms with E-state index < -0.39 is 0 Å². The van der Waals surface area contributed by atoms with E-state index in [-0.39, 0.29) is 115 Å². The van der Waals surface area contributed by atoms with Crippen molar-refractivity contribution in [3.8, 4) is 0 Å². The van der Waals surface area contributed by atoms with Crippen LogP contribution in [0.5, 0.6) is 0 Å². The van der Waals surface area contributed by atoms with Crippen molar-refractivity contribution in [2.45, 2.75) is 0 Å². The van der Waals surface area contributed by atoms with Crippen LogP contribution < -0.4 is 0 Å². The molecule has 5 heavy (non-hydrogen) atoms. The standard InChI is InChI=1S/Li.Mg.Na.Sn.Zn. The Kier molecular flexibility index (Phi) is 186. The molecule has 0 atom stereocenters. The average Bonchev–Trinajstić information content (AvgIpc) is 0. The van der Waals surface area contributed by atoms with Crippen LogP contribution >= 0.6 is 0 Å². The summed E-state index contributed by atoms with van der Waals surface area (Å²) in [6.45, 7) is 0. The van der Waals surface area contributed by atoms with Gasteiger partial charge in [0.1, 0.15) is 0 Å². The maximum absolute atomic E-state index is 0. The van der Waals surface area contributed by atoms with Crippen LogP contribution in [-0.4, -0.2) is 95.4 Å². The fraction of sp³-hybridized carbons (Fsp3) is 0. The summed E-state index contributed by atoms with van der Waals surface area (Å²) in [5, 5.41) is 0. The van der Waals surface area contributed by atoms with Crippen molar-refractivity contribution in [3.05, 3.63) is 0 Å². The molecule has 0 unspecified atom stereocenters. The first-order valence-electron chi connectivity index (χ1n) is 0.